The predicted molar refractivity (Wildman–Crippen MR) is 101 cm³/mol. The third kappa shape index (κ3) is 4.04. The summed E-state index contributed by atoms with van der Waals surface area (Å²) < 4.78 is 3.13. The van der Waals surface area contributed by atoms with E-state index in [4.69, 9.17) is 0 Å². The third-order valence-corrected chi connectivity index (χ3v) is 4.86. The first kappa shape index (κ1) is 18.4. The predicted octanol–water partition coefficient (Wildman–Crippen LogP) is 1.28. The summed E-state index contributed by atoms with van der Waals surface area (Å²) in [7, 11) is 1.69. The first-order chi connectivity index (χ1) is 12.6. The van der Waals surface area contributed by atoms with Crippen LogP contribution in [0.15, 0.2) is 35.1 Å². The molecule has 7 heteroatoms. The normalized spacial score (nSPS) is 15.9. The molecule has 1 aromatic carbocycles. The molecule has 1 aliphatic rings. The lowest BCUT2D eigenvalue weighted by Crippen LogP contribution is -2.41. The van der Waals surface area contributed by atoms with Gasteiger partial charge >= 0.3 is 5.69 Å². The van der Waals surface area contributed by atoms with Crippen LogP contribution in [0.1, 0.15) is 37.9 Å². The molecule has 1 fully saturated rings. The highest BCUT2D eigenvalue weighted by molar-refractivity contribution is 5.77. The van der Waals surface area contributed by atoms with Crippen molar-refractivity contribution in [3.8, 4) is 5.69 Å². The Morgan fingerprint density at radius 1 is 1.23 bits per heavy atom. The molecule has 0 saturated carbocycles. The van der Waals surface area contributed by atoms with E-state index in [0.717, 1.165) is 50.4 Å². The fourth-order valence-corrected chi connectivity index (χ4v) is 3.44. The van der Waals surface area contributed by atoms with Gasteiger partial charge in [-0.05, 0) is 44.5 Å². The summed E-state index contributed by atoms with van der Waals surface area (Å²) in [6, 6.07) is 9.65. The Morgan fingerprint density at radius 2 is 1.92 bits per heavy atom. The molecule has 2 heterocycles. The Morgan fingerprint density at radius 3 is 2.58 bits per heavy atom. The van der Waals surface area contributed by atoms with E-state index in [1.54, 1.807) is 11.6 Å². The molecular formula is C19H27N5O2. The van der Waals surface area contributed by atoms with E-state index in [0.29, 0.717) is 6.54 Å². The number of aryl methyl sites for hydroxylation is 1. The number of benzene rings is 1. The van der Waals surface area contributed by atoms with E-state index in [1.807, 2.05) is 37.3 Å². The lowest BCUT2D eigenvalue weighted by molar-refractivity contribution is -0.122. The van der Waals surface area contributed by atoms with Crippen molar-refractivity contribution in [1.29, 1.82) is 0 Å². The number of likely N-dealkylation sites (tertiary alicyclic amines) is 1. The van der Waals surface area contributed by atoms with Crippen LogP contribution in [0.3, 0.4) is 0 Å². The van der Waals surface area contributed by atoms with Crippen molar-refractivity contribution in [2.45, 2.75) is 32.1 Å². The van der Waals surface area contributed by atoms with Crippen LogP contribution < -0.4 is 11.0 Å². The molecule has 3 rings (SSSR count). The molecule has 0 aliphatic carbocycles. The largest absolute Gasteiger partial charge is 0.355 e. The number of hydrogen-bond donors (Lipinski definition) is 1. The lowest BCUT2D eigenvalue weighted by Gasteiger charge is -2.31. The number of nitrogens with zero attached hydrogens (tertiary/aromatic N) is 4. The van der Waals surface area contributed by atoms with Gasteiger partial charge in [0.25, 0.3) is 0 Å². The quantitative estimate of drug-likeness (QED) is 0.845. The first-order valence-electron chi connectivity index (χ1n) is 9.30. The summed E-state index contributed by atoms with van der Waals surface area (Å²) in [5, 5.41) is 7.43. The highest BCUT2D eigenvalue weighted by Crippen LogP contribution is 2.27. The average molecular weight is 357 g/mol. The molecule has 2 aromatic rings. The van der Waals surface area contributed by atoms with Crippen LogP contribution in [0.25, 0.3) is 5.69 Å². The fourth-order valence-electron chi connectivity index (χ4n) is 3.44. The minimum absolute atomic E-state index is 0.0873. The van der Waals surface area contributed by atoms with Crippen LogP contribution in [-0.4, -0.2) is 51.3 Å². The molecule has 26 heavy (non-hydrogen) atoms. The summed E-state index contributed by atoms with van der Waals surface area (Å²) >= 11 is 0. The average Bonchev–Trinajstić information content (AvgIpc) is 2.96. The minimum atomic E-state index is -0.118. The maximum absolute atomic E-state index is 12.5. The Kier molecular flexibility index (Phi) is 5.88. The molecule has 1 N–H and O–H groups in total. The number of rotatable bonds is 6. The molecule has 1 amide bonds. The van der Waals surface area contributed by atoms with Gasteiger partial charge in [-0.3, -0.25) is 9.69 Å². The summed E-state index contributed by atoms with van der Waals surface area (Å²) in [4.78, 5) is 26.6. The number of hydrogen-bond acceptors (Lipinski definition) is 4. The van der Waals surface area contributed by atoms with Crippen molar-refractivity contribution >= 4 is 5.91 Å². The summed E-state index contributed by atoms with van der Waals surface area (Å²) in [6.07, 6.45) is 2.74. The molecule has 0 unspecified atom stereocenters. The van der Waals surface area contributed by atoms with Gasteiger partial charge in [0.2, 0.25) is 5.91 Å². The second kappa shape index (κ2) is 8.31. The smallest absolute Gasteiger partial charge is 0.350 e. The molecule has 0 atom stereocenters. The molecule has 1 aromatic heterocycles. The highest BCUT2D eigenvalue weighted by atomic mass is 16.2. The standard InChI is InChI=1S/C19H27N5O2/c1-3-11-20-17(25)14-23-12-9-15(10-13-23)18-21-22(2)19(26)24(18)16-7-5-4-6-8-16/h4-8,15H,3,9-14H2,1-2H3,(H,20,25). The number of nitrogens with one attached hydrogen (secondary N) is 1. The highest BCUT2D eigenvalue weighted by Gasteiger charge is 2.27. The number of para-hydroxylation sites is 1. The number of carbonyl (C=O) groups excluding carboxylic acids is 1. The monoisotopic (exact) mass is 357 g/mol. The Bertz CT molecular complexity index is 788. The van der Waals surface area contributed by atoms with Gasteiger partial charge in [0.1, 0.15) is 5.82 Å². The minimum Gasteiger partial charge on any atom is -0.355 e. The maximum atomic E-state index is 12.5. The molecular weight excluding hydrogens is 330 g/mol. The van der Waals surface area contributed by atoms with E-state index in [9.17, 15) is 9.59 Å². The van der Waals surface area contributed by atoms with Gasteiger partial charge in [-0.2, -0.15) is 5.10 Å². The molecule has 0 bridgehead atoms. The number of aromatic nitrogens is 3. The van der Waals surface area contributed by atoms with Gasteiger partial charge in [-0.25, -0.2) is 14.0 Å². The van der Waals surface area contributed by atoms with E-state index in [-0.39, 0.29) is 17.5 Å². The summed E-state index contributed by atoms with van der Waals surface area (Å²) in [5.74, 6) is 1.13. The molecule has 0 radical (unpaired) electrons. The zero-order valence-electron chi connectivity index (χ0n) is 15.5. The van der Waals surface area contributed by atoms with E-state index in [1.165, 1.54) is 4.68 Å². The number of carbonyl (C=O) groups is 1. The second-order valence-electron chi connectivity index (χ2n) is 6.84. The van der Waals surface area contributed by atoms with Crippen molar-refractivity contribution < 1.29 is 4.79 Å². The van der Waals surface area contributed by atoms with E-state index in [2.05, 4.69) is 15.3 Å². The Labute approximate surface area is 153 Å². The number of piperidine rings is 1. The zero-order valence-corrected chi connectivity index (χ0v) is 15.5. The lowest BCUT2D eigenvalue weighted by atomic mass is 9.95. The fraction of sp³-hybridized carbons (Fsp3) is 0.526. The van der Waals surface area contributed by atoms with Gasteiger partial charge in [-0.1, -0.05) is 25.1 Å². The van der Waals surface area contributed by atoms with Gasteiger partial charge < -0.3 is 5.32 Å². The molecule has 1 saturated heterocycles. The molecule has 0 spiro atoms. The molecule has 7 nitrogen and oxygen atoms in total. The molecule has 1 aliphatic heterocycles. The van der Waals surface area contributed by atoms with Crippen LogP contribution >= 0.6 is 0 Å². The SMILES string of the molecule is CCCNC(=O)CN1CCC(c2nn(C)c(=O)n2-c2ccccc2)CC1. The van der Waals surface area contributed by atoms with E-state index >= 15 is 0 Å². The first-order valence-corrected chi connectivity index (χ1v) is 9.30. The topological polar surface area (TPSA) is 72.2 Å². The zero-order chi connectivity index (χ0) is 18.5. The van der Waals surface area contributed by atoms with Crippen molar-refractivity contribution in [3.63, 3.8) is 0 Å². The van der Waals surface area contributed by atoms with Gasteiger partial charge in [-0.15, -0.1) is 0 Å². The van der Waals surface area contributed by atoms with Crippen LogP contribution in [0.5, 0.6) is 0 Å². The van der Waals surface area contributed by atoms with E-state index < -0.39 is 0 Å². The van der Waals surface area contributed by atoms with Crippen molar-refractivity contribution in [2.75, 3.05) is 26.2 Å². The summed E-state index contributed by atoms with van der Waals surface area (Å²) in [5.41, 5.74) is 0.731. The molecule has 140 valence electrons. The van der Waals surface area contributed by atoms with Gasteiger partial charge in [0, 0.05) is 19.5 Å². The Balaban J connectivity index is 1.70. The summed E-state index contributed by atoms with van der Waals surface area (Å²) in [6.45, 7) is 4.89. The van der Waals surface area contributed by atoms with Crippen molar-refractivity contribution in [1.82, 2.24) is 24.6 Å². The van der Waals surface area contributed by atoms with Crippen LogP contribution in [-0.2, 0) is 11.8 Å². The second-order valence-corrected chi connectivity index (χ2v) is 6.84. The van der Waals surface area contributed by atoms with Crippen molar-refractivity contribution in [3.05, 3.63) is 46.6 Å². The van der Waals surface area contributed by atoms with Gasteiger partial charge in [0.05, 0.1) is 12.2 Å². The maximum Gasteiger partial charge on any atom is 0.350 e. The Hall–Kier alpha value is -2.41. The van der Waals surface area contributed by atoms with Crippen LogP contribution in [0, 0.1) is 0 Å². The number of amides is 1. The van der Waals surface area contributed by atoms with Crippen LogP contribution in [0.4, 0.5) is 0 Å². The van der Waals surface area contributed by atoms with Crippen LogP contribution in [0.2, 0.25) is 0 Å². The van der Waals surface area contributed by atoms with Gasteiger partial charge in [0.15, 0.2) is 0 Å². The third-order valence-electron chi connectivity index (χ3n) is 4.86. The van der Waals surface area contributed by atoms with Crippen molar-refractivity contribution in [2.24, 2.45) is 7.05 Å².